The van der Waals surface area contributed by atoms with Crippen molar-refractivity contribution in [2.45, 2.75) is 24.9 Å². The van der Waals surface area contributed by atoms with Crippen molar-refractivity contribution in [3.05, 3.63) is 54.6 Å². The van der Waals surface area contributed by atoms with E-state index in [2.05, 4.69) is 10.2 Å². The number of rotatable bonds is 8. The maximum Gasteiger partial charge on any atom is 0.309 e. The molecule has 0 aliphatic carbocycles. The lowest BCUT2D eigenvalue weighted by Crippen LogP contribution is -2.41. The number of nitrogens with zero attached hydrogens (tertiary/aromatic N) is 4. The van der Waals surface area contributed by atoms with Gasteiger partial charge in [-0.15, -0.1) is 10.2 Å². The summed E-state index contributed by atoms with van der Waals surface area (Å²) in [6, 6.07) is 17.5. The van der Waals surface area contributed by atoms with Gasteiger partial charge in [0.1, 0.15) is 5.75 Å². The first-order chi connectivity index (χ1) is 16.6. The normalized spacial score (nSPS) is 14.1. The number of benzene rings is 2. The van der Waals surface area contributed by atoms with Gasteiger partial charge >= 0.3 is 5.97 Å². The maximum atomic E-state index is 12.9. The summed E-state index contributed by atoms with van der Waals surface area (Å²) in [6.07, 6.45) is 1.27. The highest BCUT2D eigenvalue weighted by Gasteiger charge is 2.28. The molecule has 1 amide bonds. The molecule has 1 aliphatic heterocycles. The maximum absolute atomic E-state index is 12.9. The van der Waals surface area contributed by atoms with Crippen LogP contribution in [0.2, 0.25) is 0 Å². The van der Waals surface area contributed by atoms with Gasteiger partial charge in [-0.05, 0) is 56.2 Å². The van der Waals surface area contributed by atoms with Gasteiger partial charge in [-0.25, -0.2) is 0 Å². The number of methoxy groups -OCH3 is 1. The van der Waals surface area contributed by atoms with Gasteiger partial charge < -0.3 is 14.4 Å². The molecule has 0 saturated carbocycles. The third-order valence-electron chi connectivity index (χ3n) is 5.79. The zero-order valence-corrected chi connectivity index (χ0v) is 20.2. The molecule has 3 aromatic rings. The molecule has 34 heavy (non-hydrogen) atoms. The van der Waals surface area contributed by atoms with Crippen molar-refractivity contribution in [2.75, 3.05) is 32.6 Å². The molecule has 2 aromatic carbocycles. The van der Waals surface area contributed by atoms with E-state index in [1.807, 2.05) is 71.0 Å². The molecule has 4 rings (SSSR count). The molecule has 1 fully saturated rings. The molecular formula is C25H28N4O4S. The van der Waals surface area contributed by atoms with Crippen molar-refractivity contribution in [3.63, 3.8) is 0 Å². The largest absolute Gasteiger partial charge is 0.497 e. The standard InChI is InChI=1S/C25H28N4O4S/c1-3-33-24(31)19-13-15-28(16-14-19)22(30)17-34-25-27-26-23(18-9-11-21(32-2)12-10-18)29(25)20-7-5-4-6-8-20/h4-12,19H,3,13-17H2,1-2H3. The van der Waals surface area contributed by atoms with E-state index in [0.29, 0.717) is 43.5 Å². The van der Waals surface area contributed by atoms with Crippen molar-refractivity contribution in [3.8, 4) is 22.8 Å². The number of aromatic nitrogens is 3. The Balaban J connectivity index is 1.47. The second-order valence-electron chi connectivity index (χ2n) is 7.90. The minimum atomic E-state index is -0.161. The predicted octanol–water partition coefficient (Wildman–Crippen LogP) is 3.84. The monoisotopic (exact) mass is 480 g/mol. The second-order valence-corrected chi connectivity index (χ2v) is 8.84. The Morgan fingerprint density at radius 1 is 1.03 bits per heavy atom. The molecule has 2 heterocycles. The topological polar surface area (TPSA) is 86.6 Å². The summed E-state index contributed by atoms with van der Waals surface area (Å²) in [4.78, 5) is 26.7. The number of para-hydroxylation sites is 1. The van der Waals surface area contributed by atoms with Crippen LogP contribution in [-0.4, -0.2) is 64.1 Å². The smallest absolute Gasteiger partial charge is 0.309 e. The number of thioether (sulfide) groups is 1. The van der Waals surface area contributed by atoms with E-state index in [1.165, 1.54) is 11.8 Å². The average molecular weight is 481 g/mol. The van der Waals surface area contributed by atoms with Crippen molar-refractivity contribution < 1.29 is 19.1 Å². The average Bonchev–Trinajstić information content (AvgIpc) is 3.32. The number of ether oxygens (including phenoxy) is 2. The molecule has 1 aliphatic rings. The van der Waals surface area contributed by atoms with Crippen LogP contribution >= 0.6 is 11.8 Å². The van der Waals surface area contributed by atoms with E-state index in [-0.39, 0.29) is 23.5 Å². The number of hydrogen-bond donors (Lipinski definition) is 0. The molecule has 0 atom stereocenters. The first-order valence-corrected chi connectivity index (χ1v) is 12.3. The van der Waals surface area contributed by atoms with Gasteiger partial charge in [0.15, 0.2) is 11.0 Å². The fourth-order valence-electron chi connectivity index (χ4n) is 3.94. The van der Waals surface area contributed by atoms with E-state index >= 15 is 0 Å². The minimum absolute atomic E-state index is 0.0286. The van der Waals surface area contributed by atoms with Crippen LogP contribution in [0.3, 0.4) is 0 Å². The summed E-state index contributed by atoms with van der Waals surface area (Å²) in [5.74, 6) is 1.45. The minimum Gasteiger partial charge on any atom is -0.497 e. The number of likely N-dealkylation sites (tertiary alicyclic amines) is 1. The lowest BCUT2D eigenvalue weighted by molar-refractivity contribution is -0.151. The van der Waals surface area contributed by atoms with Gasteiger partial charge in [-0.2, -0.15) is 0 Å². The van der Waals surface area contributed by atoms with Crippen molar-refractivity contribution in [1.82, 2.24) is 19.7 Å². The highest BCUT2D eigenvalue weighted by molar-refractivity contribution is 7.99. The fraction of sp³-hybridized carbons (Fsp3) is 0.360. The Morgan fingerprint density at radius 3 is 2.38 bits per heavy atom. The van der Waals surface area contributed by atoms with Crippen LogP contribution in [0.1, 0.15) is 19.8 Å². The first-order valence-electron chi connectivity index (χ1n) is 11.3. The summed E-state index contributed by atoms with van der Waals surface area (Å²) >= 11 is 1.36. The third kappa shape index (κ3) is 5.41. The van der Waals surface area contributed by atoms with E-state index in [0.717, 1.165) is 17.0 Å². The Kier molecular flexibility index (Phi) is 7.84. The Hall–Kier alpha value is -3.33. The predicted molar refractivity (Wildman–Crippen MR) is 130 cm³/mol. The lowest BCUT2D eigenvalue weighted by atomic mass is 9.97. The second kappa shape index (κ2) is 11.2. The van der Waals surface area contributed by atoms with E-state index < -0.39 is 0 Å². The van der Waals surface area contributed by atoms with E-state index in [4.69, 9.17) is 9.47 Å². The molecular weight excluding hydrogens is 452 g/mol. The number of carbonyl (C=O) groups excluding carboxylic acids is 2. The summed E-state index contributed by atoms with van der Waals surface area (Å²) < 4.78 is 12.3. The fourth-order valence-corrected chi connectivity index (χ4v) is 4.80. The Morgan fingerprint density at radius 2 is 1.74 bits per heavy atom. The number of hydrogen-bond acceptors (Lipinski definition) is 7. The molecule has 0 spiro atoms. The third-order valence-corrected chi connectivity index (χ3v) is 6.70. The zero-order chi connectivity index (χ0) is 23.9. The molecule has 0 unspecified atom stereocenters. The quantitative estimate of drug-likeness (QED) is 0.358. The summed E-state index contributed by atoms with van der Waals surface area (Å²) in [6.45, 7) is 3.31. The van der Waals surface area contributed by atoms with Crippen LogP contribution in [0.4, 0.5) is 0 Å². The number of piperidine rings is 1. The molecule has 8 nitrogen and oxygen atoms in total. The van der Waals surface area contributed by atoms with Crippen LogP contribution < -0.4 is 4.74 Å². The SMILES string of the molecule is CCOC(=O)C1CCN(C(=O)CSc2nnc(-c3ccc(OC)cc3)n2-c2ccccc2)CC1. The van der Waals surface area contributed by atoms with Gasteiger partial charge in [0.2, 0.25) is 5.91 Å². The first kappa shape index (κ1) is 23.8. The Bertz CT molecular complexity index is 1110. The van der Waals surface area contributed by atoms with Crippen LogP contribution in [0, 0.1) is 5.92 Å². The van der Waals surface area contributed by atoms with E-state index in [1.54, 1.807) is 7.11 Å². The van der Waals surface area contributed by atoms with Gasteiger partial charge in [0.05, 0.1) is 25.4 Å². The van der Waals surface area contributed by atoms with Crippen molar-refractivity contribution in [1.29, 1.82) is 0 Å². The highest BCUT2D eigenvalue weighted by Crippen LogP contribution is 2.29. The lowest BCUT2D eigenvalue weighted by Gasteiger charge is -2.30. The summed E-state index contributed by atoms with van der Waals surface area (Å²) in [7, 11) is 1.63. The van der Waals surface area contributed by atoms with Gasteiger partial charge in [0, 0.05) is 24.3 Å². The van der Waals surface area contributed by atoms with Gasteiger partial charge in [-0.3, -0.25) is 14.2 Å². The zero-order valence-electron chi connectivity index (χ0n) is 19.3. The Labute approximate surface area is 203 Å². The van der Waals surface area contributed by atoms with Gasteiger partial charge in [-0.1, -0.05) is 30.0 Å². The van der Waals surface area contributed by atoms with Crippen LogP contribution in [-0.2, 0) is 14.3 Å². The van der Waals surface area contributed by atoms with Crippen LogP contribution in [0.25, 0.3) is 17.1 Å². The molecule has 1 saturated heterocycles. The van der Waals surface area contributed by atoms with Crippen LogP contribution in [0.15, 0.2) is 59.8 Å². The van der Waals surface area contributed by atoms with Crippen molar-refractivity contribution in [2.24, 2.45) is 5.92 Å². The molecule has 0 N–H and O–H groups in total. The highest BCUT2D eigenvalue weighted by atomic mass is 32.2. The molecule has 1 aromatic heterocycles. The molecule has 0 bridgehead atoms. The van der Waals surface area contributed by atoms with E-state index in [9.17, 15) is 9.59 Å². The number of carbonyl (C=O) groups is 2. The van der Waals surface area contributed by atoms with Gasteiger partial charge in [0.25, 0.3) is 0 Å². The summed E-state index contributed by atoms with van der Waals surface area (Å²) in [5.41, 5.74) is 1.82. The molecule has 178 valence electrons. The summed E-state index contributed by atoms with van der Waals surface area (Å²) in [5, 5.41) is 9.47. The van der Waals surface area contributed by atoms with Crippen molar-refractivity contribution >= 4 is 23.6 Å². The number of esters is 1. The molecule has 0 radical (unpaired) electrons. The van der Waals surface area contributed by atoms with Crippen LogP contribution in [0.5, 0.6) is 5.75 Å². The number of amides is 1. The molecule has 9 heteroatoms.